The first-order chi connectivity index (χ1) is 15.2. The van der Waals surface area contributed by atoms with Crippen LogP contribution in [0.4, 0.5) is 5.69 Å². The van der Waals surface area contributed by atoms with Crippen molar-refractivity contribution in [3.05, 3.63) is 53.1 Å². The van der Waals surface area contributed by atoms with Crippen molar-refractivity contribution >= 4 is 27.5 Å². The molecule has 0 aliphatic carbocycles. The second-order valence-corrected chi connectivity index (χ2v) is 10.2. The van der Waals surface area contributed by atoms with Crippen LogP contribution in [0.2, 0.25) is 0 Å². The smallest absolute Gasteiger partial charge is 0.265 e. The van der Waals surface area contributed by atoms with Gasteiger partial charge in [-0.2, -0.15) is 4.31 Å². The van der Waals surface area contributed by atoms with E-state index < -0.39 is 22.2 Å². The summed E-state index contributed by atoms with van der Waals surface area (Å²) in [6.45, 7) is 5.87. The van der Waals surface area contributed by atoms with Crippen molar-refractivity contribution in [1.82, 2.24) is 9.62 Å². The molecule has 170 valence electrons. The highest BCUT2D eigenvalue weighted by atomic mass is 32.2. The van der Waals surface area contributed by atoms with Crippen molar-refractivity contribution in [3.8, 4) is 5.75 Å². The fraction of sp³-hybridized carbons (Fsp3) is 0.391. The lowest BCUT2D eigenvalue weighted by Gasteiger charge is -2.27. The van der Waals surface area contributed by atoms with Crippen LogP contribution in [0, 0.1) is 13.8 Å². The summed E-state index contributed by atoms with van der Waals surface area (Å²) in [7, 11) is -3.94. The Morgan fingerprint density at radius 1 is 1.22 bits per heavy atom. The molecule has 1 saturated heterocycles. The molecule has 32 heavy (non-hydrogen) atoms. The largest absolute Gasteiger partial charge is 0.479 e. The molecule has 2 unspecified atom stereocenters. The first kappa shape index (κ1) is 22.3. The van der Waals surface area contributed by atoms with Gasteiger partial charge in [-0.15, -0.1) is 0 Å². The van der Waals surface area contributed by atoms with Crippen molar-refractivity contribution in [2.24, 2.45) is 0 Å². The minimum atomic E-state index is -3.94. The molecule has 9 heteroatoms. The fourth-order valence-electron chi connectivity index (χ4n) is 4.05. The van der Waals surface area contributed by atoms with E-state index >= 15 is 0 Å². The predicted octanol–water partition coefficient (Wildman–Crippen LogP) is 2.49. The van der Waals surface area contributed by atoms with Crippen LogP contribution in [0.3, 0.4) is 0 Å². The molecule has 2 atom stereocenters. The summed E-state index contributed by atoms with van der Waals surface area (Å²) in [5.74, 6) is -0.280. The lowest BCUT2D eigenvalue weighted by atomic mass is 10.1. The number of fused-ring (bicyclic) bond motifs is 1. The molecule has 2 aliphatic heterocycles. The number of hydrogen-bond acceptors (Lipinski definition) is 5. The molecule has 2 amide bonds. The first-order valence-corrected chi connectivity index (χ1v) is 12.1. The maximum atomic E-state index is 13.5. The minimum absolute atomic E-state index is 0.0813. The number of carbonyl (C=O) groups excluding carboxylic acids is 2. The Bertz CT molecular complexity index is 1160. The van der Waals surface area contributed by atoms with Gasteiger partial charge in [-0.05, 0) is 50.8 Å². The summed E-state index contributed by atoms with van der Waals surface area (Å²) >= 11 is 0. The molecule has 0 bridgehead atoms. The molecule has 0 saturated carbocycles. The van der Waals surface area contributed by atoms with Gasteiger partial charge in [-0.3, -0.25) is 9.59 Å². The van der Waals surface area contributed by atoms with Crippen LogP contribution in [0.25, 0.3) is 0 Å². The van der Waals surface area contributed by atoms with Gasteiger partial charge in [-0.1, -0.05) is 29.8 Å². The van der Waals surface area contributed by atoms with Crippen LogP contribution < -0.4 is 15.4 Å². The molecular formula is C23H27N3O5S. The number of rotatable bonds is 5. The van der Waals surface area contributed by atoms with Crippen molar-refractivity contribution < 1.29 is 22.7 Å². The summed E-state index contributed by atoms with van der Waals surface area (Å²) in [6, 6.07) is 10.1. The number of nitrogens with zero attached hydrogens (tertiary/aromatic N) is 1. The normalized spacial score (nSPS) is 20.9. The van der Waals surface area contributed by atoms with E-state index in [1.54, 1.807) is 19.9 Å². The highest BCUT2D eigenvalue weighted by Gasteiger charge is 2.40. The Morgan fingerprint density at radius 3 is 2.66 bits per heavy atom. The Morgan fingerprint density at radius 2 is 1.94 bits per heavy atom. The van der Waals surface area contributed by atoms with E-state index in [4.69, 9.17) is 4.74 Å². The summed E-state index contributed by atoms with van der Waals surface area (Å²) in [4.78, 5) is 24.8. The van der Waals surface area contributed by atoms with E-state index in [9.17, 15) is 18.0 Å². The maximum absolute atomic E-state index is 13.5. The van der Waals surface area contributed by atoms with Crippen molar-refractivity contribution in [2.75, 3.05) is 11.9 Å². The summed E-state index contributed by atoms with van der Waals surface area (Å²) in [6.07, 6.45) is 0.356. The lowest BCUT2D eigenvalue weighted by molar-refractivity contribution is -0.124. The number of sulfonamides is 1. The second kappa shape index (κ2) is 8.55. The number of aryl methyl sites for hydroxylation is 2. The number of nitrogens with one attached hydrogen (secondary N) is 2. The summed E-state index contributed by atoms with van der Waals surface area (Å²) < 4.78 is 33.9. The highest BCUT2D eigenvalue weighted by Crippen LogP contribution is 2.36. The van der Waals surface area contributed by atoms with Crippen LogP contribution in [0.15, 0.2) is 41.3 Å². The number of anilines is 1. The van der Waals surface area contributed by atoms with Gasteiger partial charge in [0.25, 0.3) is 5.91 Å². The topological polar surface area (TPSA) is 105 Å². The molecule has 2 aromatic carbocycles. The van der Waals surface area contributed by atoms with Gasteiger partial charge in [-0.25, -0.2) is 8.42 Å². The van der Waals surface area contributed by atoms with Crippen molar-refractivity contribution in [2.45, 2.75) is 57.2 Å². The van der Waals surface area contributed by atoms with Crippen LogP contribution in [0.1, 0.15) is 36.5 Å². The third-order valence-corrected chi connectivity index (χ3v) is 7.94. The molecule has 2 N–H and O–H groups in total. The zero-order chi connectivity index (χ0) is 23.0. The third kappa shape index (κ3) is 4.22. The average molecular weight is 458 g/mol. The Labute approximate surface area is 188 Å². The first-order valence-electron chi connectivity index (χ1n) is 10.6. The predicted molar refractivity (Wildman–Crippen MR) is 120 cm³/mol. The monoisotopic (exact) mass is 457 g/mol. The van der Waals surface area contributed by atoms with Crippen molar-refractivity contribution in [3.63, 3.8) is 0 Å². The van der Waals surface area contributed by atoms with Gasteiger partial charge < -0.3 is 15.4 Å². The third-order valence-electron chi connectivity index (χ3n) is 5.89. The van der Waals surface area contributed by atoms with Crippen molar-refractivity contribution in [1.29, 1.82) is 0 Å². The van der Waals surface area contributed by atoms with E-state index in [1.165, 1.54) is 10.4 Å². The van der Waals surface area contributed by atoms with Gasteiger partial charge in [0.05, 0.1) is 10.6 Å². The van der Waals surface area contributed by atoms with E-state index in [0.29, 0.717) is 36.4 Å². The fourth-order valence-corrected chi connectivity index (χ4v) is 5.93. The van der Waals surface area contributed by atoms with Gasteiger partial charge in [0, 0.05) is 19.2 Å². The number of benzene rings is 2. The highest BCUT2D eigenvalue weighted by molar-refractivity contribution is 7.89. The molecule has 0 spiro atoms. The number of carbonyl (C=O) groups is 2. The summed E-state index contributed by atoms with van der Waals surface area (Å²) in [5.41, 5.74) is 3.01. The molecule has 0 aromatic heterocycles. The van der Waals surface area contributed by atoms with Crippen LogP contribution in [-0.4, -0.2) is 43.2 Å². The lowest BCUT2D eigenvalue weighted by Crippen LogP contribution is -2.45. The Balaban J connectivity index is 1.55. The zero-order valence-corrected chi connectivity index (χ0v) is 19.2. The number of amides is 2. The summed E-state index contributed by atoms with van der Waals surface area (Å²) in [5, 5.41) is 5.60. The molecule has 2 heterocycles. The standard InChI is InChI=1S/C23H27N3O5S/c1-14-6-8-17(9-7-14)13-24-23(28)19-5-4-10-26(19)32(29,30)21-12-20-18(11-15(21)2)25-22(27)16(3)31-20/h6-9,11-12,16,19H,4-5,10,13H2,1-3H3,(H,24,28)(H,25,27). The number of hydrogen-bond donors (Lipinski definition) is 2. The molecule has 8 nitrogen and oxygen atoms in total. The Kier molecular flexibility index (Phi) is 5.96. The zero-order valence-electron chi connectivity index (χ0n) is 18.3. The van der Waals surface area contributed by atoms with Crippen LogP contribution >= 0.6 is 0 Å². The molecule has 0 radical (unpaired) electrons. The quantitative estimate of drug-likeness (QED) is 0.718. The van der Waals surface area contributed by atoms with Crippen LogP contribution in [-0.2, 0) is 26.2 Å². The Hall–Kier alpha value is -2.91. The van der Waals surface area contributed by atoms with E-state index in [2.05, 4.69) is 10.6 Å². The number of ether oxygens (including phenoxy) is 1. The SMILES string of the molecule is Cc1ccc(CNC(=O)C2CCCN2S(=O)(=O)c2cc3c(cc2C)NC(=O)C(C)O3)cc1. The average Bonchev–Trinajstić information content (AvgIpc) is 3.25. The molecule has 4 rings (SSSR count). The maximum Gasteiger partial charge on any atom is 0.265 e. The van der Waals surface area contributed by atoms with Gasteiger partial charge >= 0.3 is 0 Å². The van der Waals surface area contributed by atoms with E-state index in [0.717, 1.165) is 11.1 Å². The van der Waals surface area contributed by atoms with Gasteiger partial charge in [0.1, 0.15) is 11.8 Å². The van der Waals surface area contributed by atoms with E-state index in [-0.39, 0.29) is 23.3 Å². The molecule has 2 aromatic rings. The van der Waals surface area contributed by atoms with Crippen LogP contribution in [0.5, 0.6) is 5.75 Å². The second-order valence-electron chi connectivity index (χ2n) is 8.34. The van der Waals surface area contributed by atoms with Gasteiger partial charge in [0.2, 0.25) is 15.9 Å². The minimum Gasteiger partial charge on any atom is -0.479 e. The molecular weight excluding hydrogens is 430 g/mol. The molecule has 2 aliphatic rings. The van der Waals surface area contributed by atoms with Gasteiger partial charge in [0.15, 0.2) is 6.10 Å². The van der Waals surface area contributed by atoms with E-state index in [1.807, 2.05) is 31.2 Å². The molecule has 1 fully saturated rings.